The molecule has 40 heavy (non-hydrogen) atoms. The van der Waals surface area contributed by atoms with Crippen molar-refractivity contribution in [3.63, 3.8) is 0 Å². The molecule has 8 heteroatoms. The van der Waals surface area contributed by atoms with Gasteiger partial charge in [0.25, 0.3) is 5.56 Å². The summed E-state index contributed by atoms with van der Waals surface area (Å²) >= 11 is 0. The van der Waals surface area contributed by atoms with Crippen molar-refractivity contribution >= 4 is 5.78 Å². The average Bonchev–Trinajstić information content (AvgIpc) is 3.64. The maximum absolute atomic E-state index is 14.3. The number of benzene rings is 2. The molecule has 2 aromatic heterocycles. The topological polar surface area (TPSA) is 105 Å². The van der Waals surface area contributed by atoms with Crippen LogP contribution in [0.15, 0.2) is 59.7 Å². The average molecular weight is 538 g/mol. The van der Waals surface area contributed by atoms with Gasteiger partial charge in [-0.3, -0.25) is 9.36 Å². The Morgan fingerprint density at radius 2 is 1.90 bits per heavy atom. The quantitative estimate of drug-likeness (QED) is 0.356. The van der Waals surface area contributed by atoms with Crippen LogP contribution in [0.25, 0.3) is 16.9 Å². The van der Waals surface area contributed by atoms with Crippen LogP contribution in [0.3, 0.4) is 0 Å². The molecule has 1 N–H and O–H groups in total. The van der Waals surface area contributed by atoms with Gasteiger partial charge in [-0.05, 0) is 67.7 Å². The zero-order valence-electron chi connectivity index (χ0n) is 22.9. The van der Waals surface area contributed by atoms with E-state index in [2.05, 4.69) is 23.1 Å². The van der Waals surface area contributed by atoms with E-state index in [0.717, 1.165) is 67.3 Å². The van der Waals surface area contributed by atoms with E-state index in [1.165, 1.54) is 6.33 Å². The van der Waals surface area contributed by atoms with Crippen LogP contribution >= 0.6 is 0 Å². The van der Waals surface area contributed by atoms with Crippen molar-refractivity contribution in [2.24, 2.45) is 0 Å². The highest BCUT2D eigenvalue weighted by molar-refractivity contribution is 5.71. The summed E-state index contributed by atoms with van der Waals surface area (Å²) in [7, 11) is 0. The van der Waals surface area contributed by atoms with Crippen molar-refractivity contribution in [1.29, 1.82) is 5.26 Å². The Kier molecular flexibility index (Phi) is 7.26. The maximum atomic E-state index is 14.3. The Balaban J connectivity index is 1.37. The minimum atomic E-state index is -0.184. The van der Waals surface area contributed by atoms with E-state index in [1.54, 1.807) is 0 Å². The molecular formula is C32H35N5O3. The molecule has 1 aliphatic carbocycles. The first-order valence-electron chi connectivity index (χ1n) is 14.4. The van der Waals surface area contributed by atoms with E-state index in [4.69, 9.17) is 4.74 Å². The summed E-state index contributed by atoms with van der Waals surface area (Å²) in [4.78, 5) is 18.8. The number of nitrogens with zero attached hydrogens (tertiary/aromatic N) is 5. The number of fused-ring (bicyclic) bond motifs is 1. The van der Waals surface area contributed by atoms with Crippen LogP contribution in [-0.4, -0.2) is 42.6 Å². The summed E-state index contributed by atoms with van der Waals surface area (Å²) in [6.45, 7) is 2.16. The van der Waals surface area contributed by atoms with Crippen LogP contribution in [0.4, 0.5) is 0 Å². The van der Waals surface area contributed by atoms with Gasteiger partial charge in [-0.25, -0.2) is 4.52 Å². The van der Waals surface area contributed by atoms with Gasteiger partial charge in [0.05, 0.1) is 35.6 Å². The molecule has 2 aromatic carbocycles. The minimum Gasteiger partial charge on any atom is -0.394 e. The molecule has 3 heterocycles. The predicted octanol–water partition coefficient (Wildman–Crippen LogP) is 5.00. The van der Waals surface area contributed by atoms with Crippen molar-refractivity contribution in [3.05, 3.63) is 87.6 Å². The fourth-order valence-corrected chi connectivity index (χ4v) is 6.72. The second-order valence-electron chi connectivity index (χ2n) is 11.2. The van der Waals surface area contributed by atoms with E-state index < -0.39 is 0 Å². The van der Waals surface area contributed by atoms with E-state index >= 15 is 0 Å². The zero-order chi connectivity index (χ0) is 27.7. The molecule has 2 aliphatic rings. The van der Waals surface area contributed by atoms with Crippen molar-refractivity contribution < 1.29 is 9.84 Å². The third kappa shape index (κ3) is 4.74. The summed E-state index contributed by atoms with van der Waals surface area (Å²) in [5.74, 6) is 0.593. The predicted molar refractivity (Wildman–Crippen MR) is 152 cm³/mol. The van der Waals surface area contributed by atoms with E-state index in [1.807, 2.05) is 57.6 Å². The Bertz CT molecular complexity index is 1610. The van der Waals surface area contributed by atoms with Crippen LogP contribution in [0.2, 0.25) is 0 Å². The van der Waals surface area contributed by atoms with E-state index in [0.29, 0.717) is 29.7 Å². The largest absolute Gasteiger partial charge is 0.394 e. The number of aliphatic hydroxyl groups excluding tert-OH is 1. The van der Waals surface area contributed by atoms with Crippen molar-refractivity contribution in [2.75, 3.05) is 6.61 Å². The van der Waals surface area contributed by atoms with Crippen LogP contribution in [0.1, 0.15) is 80.3 Å². The lowest BCUT2D eigenvalue weighted by Gasteiger charge is -2.37. The number of ether oxygens (including phenoxy) is 1. The van der Waals surface area contributed by atoms with Gasteiger partial charge < -0.3 is 9.84 Å². The molecule has 1 spiro atoms. The molecule has 1 saturated heterocycles. The molecule has 8 nitrogen and oxygen atoms in total. The van der Waals surface area contributed by atoms with Crippen LogP contribution in [0, 0.1) is 11.3 Å². The summed E-state index contributed by atoms with van der Waals surface area (Å²) < 4.78 is 9.95. The van der Waals surface area contributed by atoms with Gasteiger partial charge in [0.1, 0.15) is 6.33 Å². The van der Waals surface area contributed by atoms with Gasteiger partial charge in [0.2, 0.25) is 5.78 Å². The number of nitriles is 1. The highest BCUT2D eigenvalue weighted by Crippen LogP contribution is 2.45. The van der Waals surface area contributed by atoms with E-state index in [-0.39, 0.29) is 29.9 Å². The standard InChI is InChI=1S/C32H35N5O3/c1-2-6-29-28(18-22-9-10-27(24(17-22)19-33)23-7-4-3-5-8-23)30(39)36(31-34-21-35-37(29)31)25-11-14-32(15-12-25)16-13-26(20-38)40-32/h3-5,7-10,17,21,25-26,38H,2,6,11-16,18,20H2,1H3. The van der Waals surface area contributed by atoms with Gasteiger partial charge in [0.15, 0.2) is 0 Å². The number of aromatic nitrogens is 4. The molecule has 6 rings (SSSR count). The SMILES string of the molecule is CCCc1c(Cc2ccc(-c3ccccc3)c(C#N)c2)c(=O)n(C2CCC3(CCC(CO)O3)CC2)c2ncnn12. The van der Waals surface area contributed by atoms with Gasteiger partial charge in [-0.15, -0.1) is 0 Å². The molecular weight excluding hydrogens is 502 g/mol. The van der Waals surface area contributed by atoms with Gasteiger partial charge in [-0.1, -0.05) is 55.8 Å². The summed E-state index contributed by atoms with van der Waals surface area (Å²) in [6, 6.07) is 18.2. The highest BCUT2D eigenvalue weighted by Gasteiger charge is 2.43. The third-order valence-electron chi connectivity index (χ3n) is 8.76. The zero-order valence-corrected chi connectivity index (χ0v) is 22.9. The lowest BCUT2D eigenvalue weighted by Crippen LogP contribution is -2.39. The Morgan fingerprint density at radius 1 is 1.12 bits per heavy atom. The Hall–Kier alpha value is -3.80. The molecule has 0 bridgehead atoms. The van der Waals surface area contributed by atoms with Gasteiger partial charge in [-0.2, -0.15) is 15.3 Å². The van der Waals surface area contributed by atoms with Crippen LogP contribution in [0.5, 0.6) is 0 Å². The second kappa shape index (κ2) is 11.0. The number of aliphatic hydroxyl groups is 1. The maximum Gasteiger partial charge on any atom is 0.259 e. The van der Waals surface area contributed by atoms with Gasteiger partial charge >= 0.3 is 0 Å². The normalized spacial score (nSPS) is 22.6. The molecule has 0 radical (unpaired) electrons. The van der Waals surface area contributed by atoms with Gasteiger partial charge in [0, 0.05) is 18.0 Å². The summed E-state index contributed by atoms with van der Waals surface area (Å²) in [6.07, 6.45) is 8.67. The molecule has 206 valence electrons. The first-order valence-corrected chi connectivity index (χ1v) is 14.4. The monoisotopic (exact) mass is 537 g/mol. The number of rotatable bonds is 7. The fourth-order valence-electron chi connectivity index (χ4n) is 6.72. The van der Waals surface area contributed by atoms with Crippen molar-refractivity contribution in [2.45, 2.75) is 82.5 Å². The molecule has 1 atom stereocenters. The molecule has 2 fully saturated rings. The first-order chi connectivity index (χ1) is 19.6. The third-order valence-corrected chi connectivity index (χ3v) is 8.76. The number of aryl methyl sites for hydroxylation is 1. The Labute approximate surface area is 233 Å². The van der Waals surface area contributed by atoms with Crippen molar-refractivity contribution in [1.82, 2.24) is 19.2 Å². The molecule has 1 unspecified atom stereocenters. The lowest BCUT2D eigenvalue weighted by atomic mass is 9.80. The van der Waals surface area contributed by atoms with Crippen molar-refractivity contribution in [3.8, 4) is 17.2 Å². The fraction of sp³-hybridized carbons (Fsp3) is 0.438. The molecule has 1 aliphatic heterocycles. The van der Waals surface area contributed by atoms with E-state index in [9.17, 15) is 15.2 Å². The molecule has 0 amide bonds. The van der Waals surface area contributed by atoms with Crippen LogP contribution < -0.4 is 5.56 Å². The highest BCUT2D eigenvalue weighted by atomic mass is 16.5. The Morgan fingerprint density at radius 3 is 2.60 bits per heavy atom. The van der Waals surface area contributed by atoms with Crippen LogP contribution in [-0.2, 0) is 17.6 Å². The molecule has 4 aromatic rings. The second-order valence-corrected chi connectivity index (χ2v) is 11.2. The molecule has 1 saturated carbocycles. The number of hydrogen-bond donors (Lipinski definition) is 1. The summed E-state index contributed by atoms with van der Waals surface area (Å²) in [5.41, 5.74) is 4.81. The first kappa shape index (κ1) is 26.4. The minimum absolute atomic E-state index is 0.00570. The smallest absolute Gasteiger partial charge is 0.259 e. The summed E-state index contributed by atoms with van der Waals surface area (Å²) in [5, 5.41) is 24.1. The lowest BCUT2D eigenvalue weighted by molar-refractivity contribution is -0.0833. The number of hydrogen-bond acceptors (Lipinski definition) is 6.